The molecule has 0 aliphatic heterocycles. The van der Waals surface area contributed by atoms with Gasteiger partial charge in [-0.2, -0.15) is 0 Å². The molecule has 0 spiro atoms. The number of benzene rings is 2. The lowest BCUT2D eigenvalue weighted by molar-refractivity contribution is 0.583. The molecule has 178 valence electrons. The van der Waals surface area contributed by atoms with Crippen LogP contribution in [0.4, 0.5) is 11.4 Å². The molecule has 0 bridgehead atoms. The zero-order valence-corrected chi connectivity index (χ0v) is 22.0. The lowest BCUT2D eigenvalue weighted by Gasteiger charge is -2.22. The van der Waals surface area contributed by atoms with Crippen LogP contribution in [0, 0.1) is 0 Å². The number of nitrogens with two attached hydrogens (primary N) is 1. The molecule has 33 heavy (non-hydrogen) atoms. The molecule has 2 aromatic carbocycles. The highest BCUT2D eigenvalue weighted by Crippen LogP contribution is 2.36. The van der Waals surface area contributed by atoms with Gasteiger partial charge in [0.2, 0.25) is 0 Å². The van der Waals surface area contributed by atoms with Crippen molar-refractivity contribution in [2.45, 2.75) is 41.8 Å². The van der Waals surface area contributed by atoms with Gasteiger partial charge in [0.15, 0.2) is 0 Å². The summed E-state index contributed by atoms with van der Waals surface area (Å²) in [5.74, 6) is 0. The maximum Gasteiger partial charge on any atom is 0.271 e. The van der Waals surface area contributed by atoms with Crippen molar-refractivity contribution in [1.82, 2.24) is 0 Å². The maximum absolute atomic E-state index is 13.4. The number of rotatable bonds is 7. The van der Waals surface area contributed by atoms with Gasteiger partial charge < -0.3 is 5.73 Å². The average molecular weight is 549 g/mol. The fourth-order valence-corrected chi connectivity index (χ4v) is 6.70. The van der Waals surface area contributed by atoms with E-state index in [4.69, 9.17) is 28.9 Å². The number of halogens is 2. The van der Waals surface area contributed by atoms with Gasteiger partial charge in [-0.05, 0) is 46.2 Å². The average Bonchev–Trinajstić information content (AvgIpc) is 3.26. The standard InChI is InChI=1S/C21H23Cl2N3O4S3/c1-21(2,3)14-7-6-13(12-24)19(9-14)32(27,28)25-17-10-15(22)16(23)11-18(17)26-33(29,30)20-5-4-8-31-20/h4-11,25-26H,12,24H2,1-3H3. The third kappa shape index (κ3) is 5.82. The minimum absolute atomic E-state index is 0.0000948. The molecule has 3 aromatic rings. The summed E-state index contributed by atoms with van der Waals surface area (Å²) in [4.78, 5) is -0.00411. The van der Waals surface area contributed by atoms with Crippen LogP contribution in [0.5, 0.6) is 0 Å². The van der Waals surface area contributed by atoms with Crippen LogP contribution in [0.25, 0.3) is 0 Å². The molecule has 0 saturated carbocycles. The number of sulfonamides is 2. The topological polar surface area (TPSA) is 118 Å². The van der Waals surface area contributed by atoms with Gasteiger partial charge >= 0.3 is 0 Å². The molecule has 1 aromatic heterocycles. The van der Waals surface area contributed by atoms with Gasteiger partial charge in [0.1, 0.15) is 4.21 Å². The van der Waals surface area contributed by atoms with Crippen LogP contribution in [0.1, 0.15) is 31.9 Å². The fourth-order valence-electron chi connectivity index (χ4n) is 2.97. The number of hydrogen-bond acceptors (Lipinski definition) is 6. The highest BCUT2D eigenvalue weighted by atomic mass is 35.5. The summed E-state index contributed by atoms with van der Waals surface area (Å²) >= 11 is 13.2. The van der Waals surface area contributed by atoms with E-state index in [2.05, 4.69) is 9.44 Å². The quantitative estimate of drug-likeness (QED) is 0.365. The van der Waals surface area contributed by atoms with E-state index in [1.54, 1.807) is 23.6 Å². The van der Waals surface area contributed by atoms with Crippen molar-refractivity contribution in [2.75, 3.05) is 9.44 Å². The summed E-state index contributed by atoms with van der Waals surface area (Å²) in [7, 11) is -8.13. The predicted molar refractivity (Wildman–Crippen MR) is 135 cm³/mol. The molecule has 0 aliphatic rings. The molecule has 0 atom stereocenters. The molecule has 7 nitrogen and oxygen atoms in total. The van der Waals surface area contributed by atoms with Crippen LogP contribution in [0.2, 0.25) is 10.0 Å². The predicted octanol–water partition coefficient (Wildman–Crippen LogP) is 5.41. The molecule has 0 aliphatic carbocycles. The summed E-state index contributed by atoms with van der Waals surface area (Å²) in [5.41, 5.74) is 6.56. The fraction of sp³-hybridized carbons (Fsp3) is 0.238. The summed E-state index contributed by atoms with van der Waals surface area (Å²) in [5, 5.41) is 1.72. The highest BCUT2D eigenvalue weighted by molar-refractivity contribution is 7.94. The van der Waals surface area contributed by atoms with Gasteiger partial charge in [-0.25, -0.2) is 16.8 Å². The Bertz CT molecular complexity index is 1380. The van der Waals surface area contributed by atoms with E-state index in [1.807, 2.05) is 26.8 Å². The van der Waals surface area contributed by atoms with Crippen LogP contribution in [-0.2, 0) is 32.0 Å². The summed E-state index contributed by atoms with van der Waals surface area (Å²) in [6.07, 6.45) is 0. The van der Waals surface area contributed by atoms with Gasteiger partial charge in [-0.1, -0.05) is 62.2 Å². The molecular formula is C21H23Cl2N3O4S3. The lowest BCUT2D eigenvalue weighted by atomic mass is 9.86. The Morgan fingerprint density at radius 1 is 0.909 bits per heavy atom. The van der Waals surface area contributed by atoms with E-state index in [0.717, 1.165) is 16.9 Å². The molecule has 0 fully saturated rings. The monoisotopic (exact) mass is 547 g/mol. The second kappa shape index (κ2) is 9.44. The van der Waals surface area contributed by atoms with E-state index >= 15 is 0 Å². The summed E-state index contributed by atoms with van der Waals surface area (Å²) < 4.78 is 57.1. The number of nitrogens with one attached hydrogen (secondary N) is 2. The van der Waals surface area contributed by atoms with Crippen LogP contribution in [0.15, 0.2) is 56.9 Å². The second-order valence-electron chi connectivity index (χ2n) is 8.23. The SMILES string of the molecule is CC(C)(C)c1ccc(CN)c(S(=O)(=O)Nc2cc(Cl)c(Cl)cc2NS(=O)(=O)c2cccs2)c1. The Labute approximate surface area is 208 Å². The third-order valence-electron chi connectivity index (χ3n) is 4.75. The zero-order valence-electron chi connectivity index (χ0n) is 18.0. The van der Waals surface area contributed by atoms with E-state index < -0.39 is 20.0 Å². The Kier molecular flexibility index (Phi) is 7.38. The van der Waals surface area contributed by atoms with Gasteiger partial charge in [0.25, 0.3) is 20.0 Å². The smallest absolute Gasteiger partial charge is 0.271 e. The molecule has 12 heteroatoms. The minimum Gasteiger partial charge on any atom is -0.326 e. The van der Waals surface area contributed by atoms with E-state index in [-0.39, 0.29) is 42.5 Å². The molecular weight excluding hydrogens is 525 g/mol. The van der Waals surface area contributed by atoms with Crippen molar-refractivity contribution in [3.63, 3.8) is 0 Å². The first-order valence-electron chi connectivity index (χ1n) is 9.66. The molecule has 1 heterocycles. The Hall–Kier alpha value is -1.82. The van der Waals surface area contributed by atoms with Crippen LogP contribution >= 0.6 is 34.5 Å². The normalized spacial score (nSPS) is 12.5. The Balaban J connectivity index is 2.09. The van der Waals surface area contributed by atoms with Gasteiger partial charge in [0.05, 0.1) is 26.3 Å². The van der Waals surface area contributed by atoms with Crippen molar-refractivity contribution in [1.29, 1.82) is 0 Å². The molecule has 0 saturated heterocycles. The van der Waals surface area contributed by atoms with Crippen molar-refractivity contribution in [3.05, 3.63) is 69.0 Å². The van der Waals surface area contributed by atoms with Crippen LogP contribution < -0.4 is 15.2 Å². The maximum atomic E-state index is 13.4. The van der Waals surface area contributed by atoms with Crippen molar-refractivity contribution in [2.24, 2.45) is 5.73 Å². The Morgan fingerprint density at radius 2 is 1.48 bits per heavy atom. The molecule has 3 rings (SSSR count). The lowest BCUT2D eigenvalue weighted by Crippen LogP contribution is -2.20. The number of anilines is 2. The molecule has 4 N–H and O–H groups in total. The Morgan fingerprint density at radius 3 is 1.97 bits per heavy atom. The van der Waals surface area contributed by atoms with E-state index in [9.17, 15) is 16.8 Å². The minimum atomic E-state index is -4.16. The highest BCUT2D eigenvalue weighted by Gasteiger charge is 2.25. The summed E-state index contributed by atoms with van der Waals surface area (Å²) in [6.45, 7) is 5.89. The van der Waals surface area contributed by atoms with Crippen molar-refractivity contribution < 1.29 is 16.8 Å². The van der Waals surface area contributed by atoms with Crippen molar-refractivity contribution in [3.8, 4) is 0 Å². The molecule has 0 unspecified atom stereocenters. The number of thiophene rings is 1. The second-order valence-corrected chi connectivity index (χ2v) is 13.6. The van der Waals surface area contributed by atoms with Gasteiger partial charge in [0, 0.05) is 6.54 Å². The van der Waals surface area contributed by atoms with Crippen molar-refractivity contribution >= 4 is 66.0 Å². The summed E-state index contributed by atoms with van der Waals surface area (Å²) in [6, 6.07) is 10.6. The zero-order chi connectivity index (χ0) is 24.6. The first-order chi connectivity index (χ1) is 15.2. The van der Waals surface area contributed by atoms with Gasteiger partial charge in [-0.3, -0.25) is 9.44 Å². The van der Waals surface area contributed by atoms with Crippen LogP contribution in [-0.4, -0.2) is 16.8 Å². The van der Waals surface area contributed by atoms with Crippen LogP contribution in [0.3, 0.4) is 0 Å². The first kappa shape index (κ1) is 25.8. The molecule has 0 radical (unpaired) electrons. The third-order valence-corrected chi connectivity index (χ3v) is 9.68. The number of hydrogen-bond donors (Lipinski definition) is 3. The molecule has 0 amide bonds. The van der Waals surface area contributed by atoms with Gasteiger partial charge in [-0.15, -0.1) is 11.3 Å². The largest absolute Gasteiger partial charge is 0.326 e. The van der Waals surface area contributed by atoms with E-state index in [1.165, 1.54) is 18.2 Å². The van der Waals surface area contributed by atoms with E-state index in [0.29, 0.717) is 5.56 Å². The first-order valence-corrected chi connectivity index (χ1v) is 14.3.